The van der Waals surface area contributed by atoms with E-state index in [9.17, 15) is 14.7 Å². The van der Waals surface area contributed by atoms with Gasteiger partial charge in [0.15, 0.2) is 5.60 Å². The van der Waals surface area contributed by atoms with E-state index in [4.69, 9.17) is 4.74 Å². The van der Waals surface area contributed by atoms with Crippen LogP contribution in [0.25, 0.3) is 0 Å². The number of ether oxygens (including phenoxy) is 1. The van der Waals surface area contributed by atoms with E-state index in [1.54, 1.807) is 6.92 Å². The van der Waals surface area contributed by atoms with Gasteiger partial charge in [-0.2, -0.15) is 0 Å². The molecule has 0 spiro atoms. The summed E-state index contributed by atoms with van der Waals surface area (Å²) in [5.41, 5.74) is -2.06. The Labute approximate surface area is 81.4 Å². The van der Waals surface area contributed by atoms with E-state index in [0.717, 1.165) is 0 Å². The number of aliphatic hydroxyl groups excluding tert-OH is 1. The summed E-state index contributed by atoms with van der Waals surface area (Å²) in [6, 6.07) is 0. The number of hydrogen-bond acceptors (Lipinski definition) is 4. The SMILES string of the molecule is CCC1C(=O)N[C@@]2(CO)C(=O)O[C@@]12C. The van der Waals surface area contributed by atoms with Crippen LogP contribution in [0.15, 0.2) is 0 Å². The number of amides is 1. The fourth-order valence-electron chi connectivity index (χ4n) is 2.45. The lowest BCUT2D eigenvalue weighted by Crippen LogP contribution is -2.75. The van der Waals surface area contributed by atoms with Crippen LogP contribution in [0, 0.1) is 5.92 Å². The molecule has 3 atom stereocenters. The van der Waals surface area contributed by atoms with E-state index in [2.05, 4.69) is 5.32 Å². The highest BCUT2D eigenvalue weighted by molar-refractivity contribution is 6.01. The van der Waals surface area contributed by atoms with Crippen LogP contribution >= 0.6 is 0 Å². The quantitative estimate of drug-likeness (QED) is 0.570. The van der Waals surface area contributed by atoms with Crippen LogP contribution in [-0.2, 0) is 14.3 Å². The fourth-order valence-corrected chi connectivity index (χ4v) is 2.45. The van der Waals surface area contributed by atoms with Crippen LogP contribution in [0.4, 0.5) is 0 Å². The maximum Gasteiger partial charge on any atom is 0.339 e. The van der Waals surface area contributed by atoms with Gasteiger partial charge in [-0.05, 0) is 13.3 Å². The van der Waals surface area contributed by atoms with Crippen molar-refractivity contribution >= 4 is 11.9 Å². The molecule has 0 aromatic carbocycles. The molecule has 5 nitrogen and oxygen atoms in total. The molecule has 0 saturated carbocycles. The second-order valence-corrected chi connectivity index (χ2v) is 4.01. The maximum atomic E-state index is 11.5. The van der Waals surface area contributed by atoms with E-state index in [0.29, 0.717) is 6.42 Å². The molecule has 14 heavy (non-hydrogen) atoms. The fraction of sp³-hybridized carbons (Fsp3) is 0.778. The lowest BCUT2D eigenvalue weighted by atomic mass is 9.71. The molecule has 2 rings (SSSR count). The molecule has 0 radical (unpaired) electrons. The van der Waals surface area contributed by atoms with Gasteiger partial charge in [0.25, 0.3) is 0 Å². The van der Waals surface area contributed by atoms with Gasteiger partial charge in [-0.15, -0.1) is 0 Å². The number of nitrogens with one attached hydrogen (secondary N) is 1. The maximum absolute atomic E-state index is 11.5. The number of carbonyl (C=O) groups excluding carboxylic acids is 2. The first kappa shape index (κ1) is 9.45. The van der Waals surface area contributed by atoms with Crippen molar-refractivity contribution in [2.24, 2.45) is 5.92 Å². The van der Waals surface area contributed by atoms with Gasteiger partial charge in [0.1, 0.15) is 0 Å². The zero-order valence-corrected chi connectivity index (χ0v) is 8.16. The minimum atomic E-state index is -1.19. The van der Waals surface area contributed by atoms with Crippen LogP contribution in [0.1, 0.15) is 20.3 Å². The third-order valence-corrected chi connectivity index (χ3v) is 3.46. The van der Waals surface area contributed by atoms with Crippen LogP contribution in [0.2, 0.25) is 0 Å². The van der Waals surface area contributed by atoms with Crippen molar-refractivity contribution in [3.63, 3.8) is 0 Å². The van der Waals surface area contributed by atoms with Crippen molar-refractivity contribution in [1.82, 2.24) is 5.32 Å². The van der Waals surface area contributed by atoms with E-state index in [-0.39, 0.29) is 11.8 Å². The Hall–Kier alpha value is -1.10. The van der Waals surface area contributed by atoms with Gasteiger partial charge < -0.3 is 15.2 Å². The molecule has 0 bridgehead atoms. The van der Waals surface area contributed by atoms with Crippen molar-refractivity contribution in [3.8, 4) is 0 Å². The Morgan fingerprint density at radius 3 is 2.57 bits per heavy atom. The highest BCUT2D eigenvalue weighted by atomic mass is 16.6. The van der Waals surface area contributed by atoms with Gasteiger partial charge in [0, 0.05) is 0 Å². The molecule has 2 saturated heterocycles. The minimum absolute atomic E-state index is 0.213. The first-order chi connectivity index (χ1) is 6.52. The first-order valence-electron chi connectivity index (χ1n) is 4.68. The van der Waals surface area contributed by atoms with Crippen LogP contribution in [0.5, 0.6) is 0 Å². The summed E-state index contributed by atoms with van der Waals surface area (Å²) < 4.78 is 5.04. The van der Waals surface area contributed by atoms with E-state index in [1.807, 2.05) is 6.92 Å². The van der Waals surface area contributed by atoms with Crippen molar-refractivity contribution < 1.29 is 19.4 Å². The predicted molar refractivity (Wildman–Crippen MR) is 46.2 cm³/mol. The highest BCUT2D eigenvalue weighted by Crippen LogP contribution is 2.49. The molecule has 0 aliphatic carbocycles. The first-order valence-corrected chi connectivity index (χ1v) is 4.68. The van der Waals surface area contributed by atoms with Gasteiger partial charge in [-0.3, -0.25) is 4.79 Å². The third-order valence-electron chi connectivity index (χ3n) is 3.46. The number of esters is 1. The molecule has 78 valence electrons. The van der Waals surface area contributed by atoms with E-state index >= 15 is 0 Å². The Balaban J connectivity index is 2.42. The Morgan fingerprint density at radius 1 is 1.57 bits per heavy atom. The van der Waals surface area contributed by atoms with Crippen LogP contribution in [-0.4, -0.2) is 34.7 Å². The number of carbonyl (C=O) groups is 2. The molecule has 2 aliphatic heterocycles. The Bertz CT molecular complexity index is 316. The molecular formula is C9H13NO4. The molecule has 1 unspecified atom stereocenters. The zero-order chi connectivity index (χ0) is 10.6. The molecule has 0 aromatic rings. The lowest BCUT2D eigenvalue weighted by molar-refractivity contribution is -0.224. The Morgan fingerprint density at radius 2 is 2.21 bits per heavy atom. The summed E-state index contributed by atoms with van der Waals surface area (Å²) in [5, 5.41) is 11.7. The van der Waals surface area contributed by atoms with Crippen molar-refractivity contribution in [3.05, 3.63) is 0 Å². The van der Waals surface area contributed by atoms with Crippen LogP contribution in [0.3, 0.4) is 0 Å². The number of hydrogen-bond donors (Lipinski definition) is 2. The van der Waals surface area contributed by atoms with Crippen molar-refractivity contribution in [2.45, 2.75) is 31.4 Å². The zero-order valence-electron chi connectivity index (χ0n) is 8.16. The summed E-state index contributed by atoms with van der Waals surface area (Å²) in [6.07, 6.45) is 0.595. The molecule has 2 heterocycles. The molecule has 2 fully saturated rings. The second kappa shape index (κ2) is 2.48. The summed E-state index contributed by atoms with van der Waals surface area (Å²) in [5.74, 6) is -1.10. The molecule has 1 amide bonds. The summed E-state index contributed by atoms with van der Waals surface area (Å²) in [7, 11) is 0. The monoisotopic (exact) mass is 199 g/mol. The smallest absolute Gasteiger partial charge is 0.339 e. The molecule has 0 aromatic heterocycles. The highest BCUT2D eigenvalue weighted by Gasteiger charge is 2.75. The lowest BCUT2D eigenvalue weighted by Gasteiger charge is -2.50. The molecule has 5 heteroatoms. The topological polar surface area (TPSA) is 75.6 Å². The van der Waals surface area contributed by atoms with E-state index < -0.39 is 23.7 Å². The van der Waals surface area contributed by atoms with E-state index in [1.165, 1.54) is 0 Å². The summed E-state index contributed by atoms with van der Waals surface area (Å²) in [4.78, 5) is 22.8. The van der Waals surface area contributed by atoms with Gasteiger partial charge in [0.2, 0.25) is 11.4 Å². The number of aliphatic hydroxyl groups is 1. The number of fused-ring (bicyclic) bond motifs is 1. The average molecular weight is 199 g/mol. The molecule has 2 aliphatic rings. The minimum Gasteiger partial charge on any atom is -0.453 e. The summed E-state index contributed by atoms with van der Waals surface area (Å²) in [6.45, 7) is 3.15. The van der Waals surface area contributed by atoms with Crippen molar-refractivity contribution in [2.75, 3.05) is 6.61 Å². The average Bonchev–Trinajstić information content (AvgIpc) is 2.30. The van der Waals surface area contributed by atoms with Crippen molar-refractivity contribution in [1.29, 1.82) is 0 Å². The number of rotatable bonds is 2. The van der Waals surface area contributed by atoms with Gasteiger partial charge in [-0.1, -0.05) is 6.92 Å². The van der Waals surface area contributed by atoms with Gasteiger partial charge in [-0.25, -0.2) is 4.79 Å². The standard InChI is InChI=1S/C9H13NO4/c1-3-5-6(12)10-9(4-11)7(13)14-8(5,9)2/h5,11H,3-4H2,1-2H3,(H,10,12)/t5?,8-,9-/m0/s1. The molecule has 2 N–H and O–H groups in total. The van der Waals surface area contributed by atoms with Gasteiger partial charge >= 0.3 is 5.97 Å². The predicted octanol–water partition coefficient (Wildman–Crippen LogP) is -0.811. The van der Waals surface area contributed by atoms with Crippen LogP contribution < -0.4 is 5.32 Å². The van der Waals surface area contributed by atoms with Gasteiger partial charge in [0.05, 0.1) is 12.5 Å². The normalized spacial score (nSPS) is 45.2. The molecular weight excluding hydrogens is 186 g/mol. The second-order valence-electron chi connectivity index (χ2n) is 4.01. The largest absolute Gasteiger partial charge is 0.453 e. The summed E-state index contributed by atoms with van der Waals surface area (Å²) >= 11 is 0. The Kier molecular flexibility index (Phi) is 1.67. The third kappa shape index (κ3) is 0.706.